The number of anilines is 1. The minimum Gasteiger partial charge on any atom is -0.481 e. The van der Waals surface area contributed by atoms with Crippen LogP contribution >= 0.6 is 0 Å². The van der Waals surface area contributed by atoms with Gasteiger partial charge in [-0.25, -0.2) is 4.98 Å². The quantitative estimate of drug-likeness (QED) is 0.780. The van der Waals surface area contributed by atoms with Crippen molar-refractivity contribution < 1.29 is 14.3 Å². The number of aromatic nitrogens is 2. The highest BCUT2D eigenvalue weighted by atomic mass is 16.5. The van der Waals surface area contributed by atoms with Crippen LogP contribution in [-0.4, -0.2) is 42.0 Å². The number of hydrogen-bond acceptors (Lipinski definition) is 6. The Kier molecular flexibility index (Phi) is 3.64. The minimum atomic E-state index is -0.0963. The lowest BCUT2D eigenvalue weighted by molar-refractivity contribution is 0.0817. The van der Waals surface area contributed by atoms with Crippen molar-refractivity contribution in [2.45, 2.75) is 6.54 Å². The molecule has 0 radical (unpaired) electrons. The van der Waals surface area contributed by atoms with Gasteiger partial charge in [0.25, 0.3) is 5.91 Å². The van der Waals surface area contributed by atoms with Gasteiger partial charge < -0.3 is 20.1 Å². The number of carbonyl (C=O) groups is 1. The lowest BCUT2D eigenvalue weighted by Crippen LogP contribution is -2.18. The predicted molar refractivity (Wildman–Crippen MR) is 98.3 cm³/mol. The molecule has 1 aliphatic rings. The molecule has 0 bridgehead atoms. The molecule has 7 heteroatoms. The van der Waals surface area contributed by atoms with Crippen LogP contribution in [-0.2, 0) is 6.54 Å². The van der Waals surface area contributed by atoms with E-state index in [2.05, 4.69) is 4.98 Å². The van der Waals surface area contributed by atoms with E-state index in [1.165, 1.54) is 0 Å². The number of ether oxygens (including phenoxy) is 2. The van der Waals surface area contributed by atoms with Crippen molar-refractivity contribution in [1.29, 1.82) is 0 Å². The summed E-state index contributed by atoms with van der Waals surface area (Å²) in [6.07, 6.45) is 0. The Morgan fingerprint density at radius 2 is 1.88 bits per heavy atom. The van der Waals surface area contributed by atoms with Gasteiger partial charge in [-0.1, -0.05) is 18.2 Å². The molecule has 1 aliphatic heterocycles. The van der Waals surface area contributed by atoms with Crippen LogP contribution in [0.25, 0.3) is 22.0 Å². The second kappa shape index (κ2) is 5.87. The number of benzene rings is 1. The summed E-state index contributed by atoms with van der Waals surface area (Å²) in [5, 5.41) is 0.739. The first kappa shape index (κ1) is 16.1. The third kappa shape index (κ3) is 2.24. The fraction of sp³-hybridized carbons (Fsp3) is 0.211. The number of nitrogen functional groups attached to an aromatic ring is 1. The SMILES string of the molecule is COc1ccc(-c2cccc3c(N)c4c(nc23)CN(C)C4=O)c(OC)n1. The number of carbonyl (C=O) groups excluding carboxylic acids is 1. The first-order valence-electron chi connectivity index (χ1n) is 8.11. The van der Waals surface area contributed by atoms with Gasteiger partial charge in [-0.2, -0.15) is 4.98 Å². The zero-order chi connectivity index (χ0) is 18.4. The lowest BCUT2D eigenvalue weighted by Gasteiger charge is -2.13. The van der Waals surface area contributed by atoms with E-state index in [-0.39, 0.29) is 5.91 Å². The van der Waals surface area contributed by atoms with E-state index >= 15 is 0 Å². The van der Waals surface area contributed by atoms with Gasteiger partial charge in [0, 0.05) is 29.6 Å². The zero-order valence-corrected chi connectivity index (χ0v) is 14.7. The van der Waals surface area contributed by atoms with Crippen LogP contribution in [0.4, 0.5) is 5.69 Å². The number of para-hydroxylation sites is 1. The molecule has 7 nitrogen and oxygen atoms in total. The number of pyridine rings is 2. The maximum absolute atomic E-state index is 12.3. The summed E-state index contributed by atoms with van der Waals surface area (Å²) < 4.78 is 10.6. The standard InChI is InChI=1S/C19H18N4O3/c1-23-9-13-15(19(23)24)16(20)12-6-4-5-10(17(12)21-13)11-7-8-14(25-2)22-18(11)26-3/h4-8H,9H2,1-3H3,(H2,20,21). The molecule has 0 atom stereocenters. The summed E-state index contributed by atoms with van der Waals surface area (Å²) in [6.45, 7) is 0.445. The Morgan fingerprint density at radius 3 is 2.62 bits per heavy atom. The third-order valence-corrected chi connectivity index (χ3v) is 4.61. The molecule has 26 heavy (non-hydrogen) atoms. The van der Waals surface area contributed by atoms with Crippen molar-refractivity contribution in [3.05, 3.63) is 41.6 Å². The van der Waals surface area contributed by atoms with Crippen molar-refractivity contribution in [3.63, 3.8) is 0 Å². The normalized spacial score (nSPS) is 13.2. The molecule has 1 aromatic carbocycles. The maximum atomic E-state index is 12.3. The van der Waals surface area contributed by atoms with Crippen molar-refractivity contribution in [2.24, 2.45) is 0 Å². The average Bonchev–Trinajstić information content (AvgIpc) is 2.95. The molecule has 0 unspecified atom stereocenters. The number of nitrogens with zero attached hydrogens (tertiary/aromatic N) is 3. The van der Waals surface area contributed by atoms with Gasteiger partial charge in [-0.15, -0.1) is 0 Å². The molecule has 3 aromatic rings. The van der Waals surface area contributed by atoms with Crippen LogP contribution in [0.2, 0.25) is 0 Å². The highest BCUT2D eigenvalue weighted by Gasteiger charge is 2.30. The summed E-state index contributed by atoms with van der Waals surface area (Å²) in [5.74, 6) is 0.804. The molecule has 2 aromatic heterocycles. The van der Waals surface area contributed by atoms with E-state index in [0.717, 1.165) is 22.0 Å². The van der Waals surface area contributed by atoms with E-state index < -0.39 is 0 Å². The smallest absolute Gasteiger partial charge is 0.258 e. The number of hydrogen-bond donors (Lipinski definition) is 1. The molecule has 0 saturated heterocycles. The summed E-state index contributed by atoms with van der Waals surface area (Å²) >= 11 is 0. The summed E-state index contributed by atoms with van der Waals surface area (Å²) in [5.41, 5.74) is 10.3. The number of methoxy groups -OCH3 is 2. The van der Waals surface area contributed by atoms with Crippen molar-refractivity contribution in [2.75, 3.05) is 27.0 Å². The van der Waals surface area contributed by atoms with E-state index in [1.54, 1.807) is 32.2 Å². The van der Waals surface area contributed by atoms with E-state index in [0.29, 0.717) is 35.2 Å². The van der Waals surface area contributed by atoms with Gasteiger partial charge in [0.2, 0.25) is 11.8 Å². The van der Waals surface area contributed by atoms with E-state index in [1.807, 2.05) is 24.3 Å². The average molecular weight is 350 g/mol. The molecule has 0 fully saturated rings. The molecule has 0 aliphatic carbocycles. The Morgan fingerprint density at radius 1 is 1.08 bits per heavy atom. The summed E-state index contributed by atoms with van der Waals surface area (Å²) in [6, 6.07) is 9.34. The minimum absolute atomic E-state index is 0.0963. The number of amides is 1. The number of nitrogens with two attached hydrogens (primary N) is 1. The van der Waals surface area contributed by atoms with Crippen molar-refractivity contribution in [1.82, 2.24) is 14.9 Å². The number of fused-ring (bicyclic) bond motifs is 2. The first-order valence-corrected chi connectivity index (χ1v) is 8.11. The molecule has 4 rings (SSSR count). The molecular weight excluding hydrogens is 332 g/mol. The lowest BCUT2D eigenvalue weighted by atomic mass is 9.99. The van der Waals surface area contributed by atoms with Crippen LogP contribution in [0.5, 0.6) is 11.8 Å². The van der Waals surface area contributed by atoms with Crippen molar-refractivity contribution >= 4 is 22.5 Å². The highest BCUT2D eigenvalue weighted by Crippen LogP contribution is 2.38. The van der Waals surface area contributed by atoms with Crippen molar-refractivity contribution in [3.8, 4) is 22.9 Å². The topological polar surface area (TPSA) is 90.6 Å². The Bertz CT molecular complexity index is 1050. The van der Waals surface area contributed by atoms with Crippen LogP contribution in [0.15, 0.2) is 30.3 Å². The molecule has 0 spiro atoms. The summed E-state index contributed by atoms with van der Waals surface area (Å²) in [4.78, 5) is 23.1. The van der Waals surface area contributed by atoms with Crippen LogP contribution in [0, 0.1) is 0 Å². The molecule has 0 saturated carbocycles. The predicted octanol–water partition coefficient (Wildman–Crippen LogP) is 2.48. The first-order chi connectivity index (χ1) is 12.5. The second-order valence-corrected chi connectivity index (χ2v) is 6.12. The molecule has 2 N–H and O–H groups in total. The van der Waals surface area contributed by atoms with E-state index in [4.69, 9.17) is 20.2 Å². The van der Waals surface area contributed by atoms with Crippen LogP contribution in [0.1, 0.15) is 16.1 Å². The number of rotatable bonds is 3. The van der Waals surface area contributed by atoms with Crippen LogP contribution in [0.3, 0.4) is 0 Å². The fourth-order valence-electron chi connectivity index (χ4n) is 3.32. The van der Waals surface area contributed by atoms with Gasteiger partial charge in [0.15, 0.2) is 0 Å². The second-order valence-electron chi connectivity index (χ2n) is 6.12. The third-order valence-electron chi connectivity index (χ3n) is 4.61. The Hall–Kier alpha value is -3.35. The van der Waals surface area contributed by atoms with E-state index in [9.17, 15) is 4.79 Å². The van der Waals surface area contributed by atoms with Crippen LogP contribution < -0.4 is 15.2 Å². The monoisotopic (exact) mass is 350 g/mol. The van der Waals surface area contributed by atoms with Gasteiger partial charge in [-0.05, 0) is 6.07 Å². The van der Waals surface area contributed by atoms with Gasteiger partial charge in [0.05, 0.1) is 43.2 Å². The molecule has 1 amide bonds. The zero-order valence-electron chi connectivity index (χ0n) is 14.7. The molecule has 132 valence electrons. The van der Waals surface area contributed by atoms with Gasteiger partial charge in [-0.3, -0.25) is 4.79 Å². The largest absolute Gasteiger partial charge is 0.481 e. The molecular formula is C19H18N4O3. The highest BCUT2D eigenvalue weighted by molar-refractivity contribution is 6.11. The maximum Gasteiger partial charge on any atom is 0.258 e. The fourth-order valence-corrected chi connectivity index (χ4v) is 3.32. The van der Waals surface area contributed by atoms with Gasteiger partial charge >= 0.3 is 0 Å². The molecule has 3 heterocycles. The Labute approximate surface area is 150 Å². The summed E-state index contributed by atoms with van der Waals surface area (Å²) in [7, 11) is 4.85. The Balaban J connectivity index is 2.00. The van der Waals surface area contributed by atoms with Gasteiger partial charge in [0.1, 0.15) is 0 Å².